The Kier molecular flexibility index (Phi) is 4.85. The van der Waals surface area contributed by atoms with Crippen molar-refractivity contribution in [2.45, 2.75) is 6.36 Å². The lowest BCUT2D eigenvalue weighted by Crippen LogP contribution is -2.27. The Hall–Kier alpha value is -3.36. The predicted molar refractivity (Wildman–Crippen MR) is 91.5 cm³/mol. The maximum Gasteiger partial charge on any atom is 0.573 e. The Morgan fingerprint density at radius 2 is 1.81 bits per heavy atom. The van der Waals surface area contributed by atoms with Gasteiger partial charge in [-0.3, -0.25) is 14.2 Å². The molecule has 0 saturated heterocycles. The third kappa shape index (κ3) is 4.08. The van der Waals surface area contributed by atoms with Crippen molar-refractivity contribution < 1.29 is 22.7 Å². The SMILES string of the molecule is CNC(=O)[CH]c1nc2ccccc2c(=O)n1-c1ccc(OC(F)(F)F)cc1. The average molecular weight is 376 g/mol. The van der Waals surface area contributed by atoms with E-state index < -0.39 is 23.6 Å². The highest BCUT2D eigenvalue weighted by Crippen LogP contribution is 2.24. The standard InChI is InChI=1S/C18H13F3N3O3/c1-22-16(25)10-15-23-14-5-3-2-4-13(14)17(26)24(15)11-6-8-12(9-7-11)27-18(19,20)21/h2-10H,1H3,(H,22,25). The lowest BCUT2D eigenvalue weighted by atomic mass is 10.2. The first-order chi connectivity index (χ1) is 12.8. The zero-order valence-electron chi connectivity index (χ0n) is 13.9. The predicted octanol–water partition coefficient (Wildman–Crippen LogP) is 2.58. The lowest BCUT2D eigenvalue weighted by molar-refractivity contribution is -0.274. The Morgan fingerprint density at radius 1 is 1.15 bits per heavy atom. The first-order valence-electron chi connectivity index (χ1n) is 7.73. The number of fused-ring (bicyclic) bond motifs is 1. The second kappa shape index (κ2) is 7.10. The van der Waals surface area contributed by atoms with E-state index in [4.69, 9.17) is 0 Å². The molecule has 1 N–H and O–H groups in total. The summed E-state index contributed by atoms with van der Waals surface area (Å²) in [5.74, 6) is -0.865. The van der Waals surface area contributed by atoms with Crippen molar-refractivity contribution in [2.75, 3.05) is 7.05 Å². The molecule has 0 aliphatic rings. The van der Waals surface area contributed by atoms with Gasteiger partial charge in [-0.05, 0) is 36.4 Å². The number of hydrogen-bond acceptors (Lipinski definition) is 4. The van der Waals surface area contributed by atoms with Gasteiger partial charge in [-0.2, -0.15) is 0 Å². The van der Waals surface area contributed by atoms with E-state index in [2.05, 4.69) is 15.0 Å². The van der Waals surface area contributed by atoms with E-state index in [-0.39, 0.29) is 11.5 Å². The topological polar surface area (TPSA) is 73.2 Å². The van der Waals surface area contributed by atoms with Gasteiger partial charge in [0.1, 0.15) is 18.0 Å². The number of benzene rings is 2. The first-order valence-corrected chi connectivity index (χ1v) is 7.73. The van der Waals surface area contributed by atoms with E-state index in [1.54, 1.807) is 24.3 Å². The summed E-state index contributed by atoms with van der Waals surface area (Å²) in [5.41, 5.74) is 0.175. The number of nitrogens with zero attached hydrogens (tertiary/aromatic N) is 2. The van der Waals surface area contributed by atoms with Crippen LogP contribution >= 0.6 is 0 Å². The fourth-order valence-electron chi connectivity index (χ4n) is 2.48. The molecule has 0 atom stereocenters. The van der Waals surface area contributed by atoms with Gasteiger partial charge in [-0.15, -0.1) is 13.2 Å². The molecule has 0 bridgehead atoms. The number of amides is 1. The Morgan fingerprint density at radius 3 is 2.44 bits per heavy atom. The third-order valence-corrected chi connectivity index (χ3v) is 3.64. The quantitative estimate of drug-likeness (QED) is 0.760. The number of nitrogens with one attached hydrogen (secondary N) is 1. The van der Waals surface area contributed by atoms with Crippen molar-refractivity contribution >= 4 is 16.8 Å². The summed E-state index contributed by atoms with van der Waals surface area (Å²) in [5, 5.41) is 2.71. The fraction of sp³-hybridized carbons (Fsp3) is 0.111. The molecule has 0 aliphatic carbocycles. The van der Waals surface area contributed by atoms with E-state index >= 15 is 0 Å². The molecule has 0 unspecified atom stereocenters. The number of rotatable bonds is 4. The zero-order valence-corrected chi connectivity index (χ0v) is 13.9. The Bertz CT molecular complexity index is 1040. The normalized spacial score (nSPS) is 11.4. The van der Waals surface area contributed by atoms with Crippen molar-refractivity contribution in [3.8, 4) is 11.4 Å². The smallest absolute Gasteiger partial charge is 0.406 e. The minimum absolute atomic E-state index is 0.0440. The molecule has 0 saturated carbocycles. The molecular weight excluding hydrogens is 363 g/mol. The van der Waals surface area contributed by atoms with E-state index in [0.29, 0.717) is 10.9 Å². The van der Waals surface area contributed by atoms with Gasteiger partial charge >= 0.3 is 6.36 Å². The van der Waals surface area contributed by atoms with E-state index in [0.717, 1.165) is 23.1 Å². The summed E-state index contributed by atoms with van der Waals surface area (Å²) in [7, 11) is 1.42. The molecule has 27 heavy (non-hydrogen) atoms. The lowest BCUT2D eigenvalue weighted by Gasteiger charge is -2.14. The zero-order chi connectivity index (χ0) is 19.6. The van der Waals surface area contributed by atoms with Gasteiger partial charge in [-0.25, -0.2) is 4.98 Å². The number of carbonyl (C=O) groups is 1. The monoisotopic (exact) mass is 376 g/mol. The second-order valence-corrected chi connectivity index (χ2v) is 5.43. The highest BCUT2D eigenvalue weighted by molar-refractivity contribution is 5.88. The summed E-state index contributed by atoms with van der Waals surface area (Å²) in [6.07, 6.45) is -3.69. The van der Waals surface area contributed by atoms with Crippen LogP contribution in [-0.4, -0.2) is 28.9 Å². The molecular formula is C18H13F3N3O3. The number of aromatic nitrogens is 2. The van der Waals surface area contributed by atoms with Gasteiger partial charge in [0, 0.05) is 7.05 Å². The second-order valence-electron chi connectivity index (χ2n) is 5.43. The van der Waals surface area contributed by atoms with E-state index in [1.807, 2.05) is 0 Å². The number of likely N-dealkylation sites (N-methyl/N-ethyl adjacent to an activating group) is 1. The number of halogens is 3. The minimum atomic E-state index is -4.82. The van der Waals surface area contributed by atoms with Gasteiger partial charge in [0.2, 0.25) is 5.91 Å². The number of alkyl halides is 3. The highest BCUT2D eigenvalue weighted by atomic mass is 19.4. The molecule has 9 heteroatoms. The van der Waals surface area contributed by atoms with Crippen LogP contribution in [0.5, 0.6) is 5.75 Å². The van der Waals surface area contributed by atoms with Crippen LogP contribution in [0.1, 0.15) is 5.82 Å². The number of carbonyl (C=O) groups excluding carboxylic acids is 1. The molecule has 6 nitrogen and oxygen atoms in total. The largest absolute Gasteiger partial charge is 0.573 e. The molecule has 3 rings (SSSR count). The molecule has 1 heterocycles. The van der Waals surface area contributed by atoms with E-state index in [1.165, 1.54) is 19.2 Å². The summed E-state index contributed by atoms with van der Waals surface area (Å²) in [6.45, 7) is 0. The van der Waals surface area contributed by atoms with Gasteiger partial charge in [0.25, 0.3) is 5.56 Å². The summed E-state index contributed by atoms with van der Waals surface area (Å²) < 4.78 is 41.9. The summed E-state index contributed by atoms with van der Waals surface area (Å²) in [4.78, 5) is 29.0. The molecule has 3 aromatic rings. The molecule has 1 radical (unpaired) electrons. The average Bonchev–Trinajstić information content (AvgIpc) is 2.62. The van der Waals surface area contributed by atoms with Gasteiger partial charge in [-0.1, -0.05) is 12.1 Å². The summed E-state index contributed by atoms with van der Waals surface area (Å²) in [6, 6.07) is 11.3. The first kappa shape index (κ1) is 18.4. The van der Waals surface area contributed by atoms with Crippen molar-refractivity contribution in [3.63, 3.8) is 0 Å². The molecule has 0 aliphatic heterocycles. The minimum Gasteiger partial charge on any atom is -0.406 e. The van der Waals surface area contributed by atoms with Crippen LogP contribution in [-0.2, 0) is 4.79 Å². The van der Waals surface area contributed by atoms with Crippen molar-refractivity contribution in [2.24, 2.45) is 0 Å². The van der Waals surface area contributed by atoms with Crippen LogP contribution < -0.4 is 15.6 Å². The van der Waals surface area contributed by atoms with E-state index in [9.17, 15) is 22.8 Å². The van der Waals surface area contributed by atoms with Crippen LogP contribution in [0.15, 0.2) is 53.3 Å². The van der Waals surface area contributed by atoms with Crippen LogP contribution in [0, 0.1) is 6.42 Å². The van der Waals surface area contributed by atoms with Gasteiger partial charge < -0.3 is 10.1 Å². The Balaban J connectivity index is 2.14. The molecule has 0 spiro atoms. The molecule has 139 valence electrons. The van der Waals surface area contributed by atoms with Crippen molar-refractivity contribution in [3.05, 3.63) is 71.1 Å². The molecule has 1 aromatic heterocycles. The van der Waals surface area contributed by atoms with Crippen LogP contribution in [0.3, 0.4) is 0 Å². The third-order valence-electron chi connectivity index (χ3n) is 3.64. The van der Waals surface area contributed by atoms with Gasteiger partial charge in [0.05, 0.1) is 16.6 Å². The fourth-order valence-corrected chi connectivity index (χ4v) is 2.48. The maximum absolute atomic E-state index is 12.9. The molecule has 0 fully saturated rings. The van der Waals surface area contributed by atoms with Gasteiger partial charge in [0.15, 0.2) is 0 Å². The maximum atomic E-state index is 12.9. The Labute approximate surface area is 151 Å². The molecule has 1 amide bonds. The van der Waals surface area contributed by atoms with Crippen LogP contribution in [0.25, 0.3) is 16.6 Å². The number of hydrogen-bond donors (Lipinski definition) is 1. The highest BCUT2D eigenvalue weighted by Gasteiger charge is 2.31. The number of ether oxygens (including phenoxy) is 1. The number of para-hydroxylation sites is 1. The van der Waals surface area contributed by atoms with Crippen molar-refractivity contribution in [1.82, 2.24) is 14.9 Å². The van der Waals surface area contributed by atoms with Crippen molar-refractivity contribution in [1.29, 1.82) is 0 Å². The molecule has 2 aromatic carbocycles. The summed E-state index contributed by atoms with van der Waals surface area (Å²) >= 11 is 0. The van der Waals surface area contributed by atoms with Crippen LogP contribution in [0.2, 0.25) is 0 Å². The van der Waals surface area contributed by atoms with Crippen LogP contribution in [0.4, 0.5) is 13.2 Å².